The van der Waals surface area contributed by atoms with Crippen LogP contribution in [-0.2, 0) is 6.54 Å². The number of hydrogen-bond acceptors (Lipinski definition) is 2. The monoisotopic (exact) mass is 231 g/mol. The summed E-state index contributed by atoms with van der Waals surface area (Å²) >= 11 is 0. The Labute approximate surface area is 95.2 Å². The zero-order valence-corrected chi connectivity index (χ0v) is 9.44. The zero-order chi connectivity index (χ0) is 9.97. The molecule has 1 aliphatic rings. The summed E-state index contributed by atoms with van der Waals surface area (Å²) in [4.78, 5) is 0. The van der Waals surface area contributed by atoms with Gasteiger partial charge in [0.05, 0.1) is 0 Å². The van der Waals surface area contributed by atoms with Crippen molar-refractivity contribution in [2.75, 3.05) is 6.54 Å². The van der Waals surface area contributed by atoms with E-state index in [0.29, 0.717) is 12.3 Å². The fourth-order valence-corrected chi connectivity index (χ4v) is 1.63. The van der Waals surface area contributed by atoms with E-state index in [1.165, 1.54) is 6.07 Å². The summed E-state index contributed by atoms with van der Waals surface area (Å²) < 4.78 is 19.0. The lowest BCUT2D eigenvalue weighted by atomic mass is 10.2. The van der Waals surface area contributed by atoms with Crippen molar-refractivity contribution in [3.63, 3.8) is 0 Å². The summed E-state index contributed by atoms with van der Waals surface area (Å²) in [6, 6.07) is 5.05. The SMILES string of the molecule is CC[C@@H]1CNCc2cccc(F)c2O1.Cl. The number of para-hydroxylation sites is 1. The van der Waals surface area contributed by atoms with Gasteiger partial charge in [-0.25, -0.2) is 4.39 Å². The minimum absolute atomic E-state index is 0. The first-order chi connectivity index (χ1) is 6.81. The van der Waals surface area contributed by atoms with Crippen LogP contribution in [0.2, 0.25) is 0 Å². The van der Waals surface area contributed by atoms with Crippen LogP contribution in [-0.4, -0.2) is 12.6 Å². The van der Waals surface area contributed by atoms with Crippen LogP contribution >= 0.6 is 12.4 Å². The van der Waals surface area contributed by atoms with Gasteiger partial charge in [-0.1, -0.05) is 19.1 Å². The molecule has 1 heterocycles. The predicted molar refractivity (Wildman–Crippen MR) is 60.1 cm³/mol. The van der Waals surface area contributed by atoms with Crippen LogP contribution in [0.4, 0.5) is 4.39 Å². The topological polar surface area (TPSA) is 21.3 Å². The number of nitrogens with one attached hydrogen (secondary N) is 1. The van der Waals surface area contributed by atoms with Crippen LogP contribution in [0.1, 0.15) is 18.9 Å². The molecule has 0 saturated heterocycles. The van der Waals surface area contributed by atoms with Gasteiger partial charge in [0.25, 0.3) is 0 Å². The van der Waals surface area contributed by atoms with Gasteiger partial charge in [0, 0.05) is 18.7 Å². The first-order valence-electron chi connectivity index (χ1n) is 4.96. The van der Waals surface area contributed by atoms with Crippen molar-refractivity contribution in [1.29, 1.82) is 0 Å². The molecule has 84 valence electrons. The lowest BCUT2D eigenvalue weighted by Gasteiger charge is -2.15. The van der Waals surface area contributed by atoms with Gasteiger partial charge in [-0.2, -0.15) is 0 Å². The van der Waals surface area contributed by atoms with Crippen molar-refractivity contribution in [2.45, 2.75) is 26.0 Å². The third-order valence-electron chi connectivity index (χ3n) is 2.48. The second kappa shape index (κ2) is 5.33. The zero-order valence-electron chi connectivity index (χ0n) is 8.63. The van der Waals surface area contributed by atoms with E-state index in [1.54, 1.807) is 6.07 Å². The maximum atomic E-state index is 13.4. The van der Waals surface area contributed by atoms with Crippen molar-refractivity contribution in [3.8, 4) is 5.75 Å². The fourth-order valence-electron chi connectivity index (χ4n) is 1.63. The Morgan fingerprint density at radius 1 is 1.53 bits per heavy atom. The van der Waals surface area contributed by atoms with E-state index < -0.39 is 0 Å². The minimum Gasteiger partial charge on any atom is -0.486 e. The van der Waals surface area contributed by atoms with Gasteiger partial charge in [0.2, 0.25) is 0 Å². The molecule has 0 saturated carbocycles. The summed E-state index contributed by atoms with van der Waals surface area (Å²) in [7, 11) is 0. The van der Waals surface area contributed by atoms with Crippen molar-refractivity contribution in [1.82, 2.24) is 5.32 Å². The first-order valence-corrected chi connectivity index (χ1v) is 4.96. The molecule has 1 N–H and O–H groups in total. The van der Waals surface area contributed by atoms with E-state index in [2.05, 4.69) is 5.32 Å². The summed E-state index contributed by atoms with van der Waals surface area (Å²) in [5, 5.41) is 3.24. The molecule has 1 aliphatic heterocycles. The second-order valence-electron chi connectivity index (χ2n) is 3.51. The molecule has 1 aromatic rings. The van der Waals surface area contributed by atoms with Gasteiger partial charge in [-0.05, 0) is 12.5 Å². The molecular formula is C11H15ClFNO. The molecule has 0 bridgehead atoms. The predicted octanol–water partition coefficient (Wildman–Crippen LogP) is 2.51. The Bertz CT molecular complexity index is 332. The first kappa shape index (κ1) is 12.3. The van der Waals surface area contributed by atoms with Crippen LogP contribution in [0.5, 0.6) is 5.75 Å². The third kappa shape index (κ3) is 2.61. The van der Waals surface area contributed by atoms with Crippen molar-refractivity contribution in [2.24, 2.45) is 0 Å². The fraction of sp³-hybridized carbons (Fsp3) is 0.455. The molecule has 0 spiro atoms. The Morgan fingerprint density at radius 3 is 3.07 bits per heavy atom. The molecule has 0 unspecified atom stereocenters. The number of ether oxygens (including phenoxy) is 1. The quantitative estimate of drug-likeness (QED) is 0.802. The van der Waals surface area contributed by atoms with E-state index in [4.69, 9.17) is 4.74 Å². The highest BCUT2D eigenvalue weighted by molar-refractivity contribution is 5.85. The molecule has 0 aliphatic carbocycles. The number of halogens is 2. The second-order valence-corrected chi connectivity index (χ2v) is 3.51. The summed E-state index contributed by atoms with van der Waals surface area (Å²) in [5.41, 5.74) is 0.904. The molecule has 0 aromatic heterocycles. The van der Waals surface area contributed by atoms with E-state index in [0.717, 1.165) is 18.5 Å². The molecule has 0 fully saturated rings. The van der Waals surface area contributed by atoms with Crippen molar-refractivity contribution < 1.29 is 9.13 Å². The number of rotatable bonds is 1. The Kier molecular flexibility index (Phi) is 4.36. The van der Waals surface area contributed by atoms with Gasteiger partial charge in [0.15, 0.2) is 11.6 Å². The van der Waals surface area contributed by atoms with Crippen LogP contribution in [0, 0.1) is 5.82 Å². The maximum Gasteiger partial charge on any atom is 0.165 e. The van der Waals surface area contributed by atoms with E-state index in [9.17, 15) is 4.39 Å². The molecule has 1 aromatic carbocycles. The molecule has 2 nitrogen and oxygen atoms in total. The molecule has 0 radical (unpaired) electrons. The minimum atomic E-state index is -0.260. The van der Waals surface area contributed by atoms with Gasteiger partial charge in [0.1, 0.15) is 6.10 Å². The molecule has 2 rings (SSSR count). The van der Waals surface area contributed by atoms with E-state index in [1.807, 2.05) is 13.0 Å². The highest BCUT2D eigenvalue weighted by Gasteiger charge is 2.18. The van der Waals surface area contributed by atoms with E-state index >= 15 is 0 Å². The highest BCUT2D eigenvalue weighted by atomic mass is 35.5. The number of fused-ring (bicyclic) bond motifs is 1. The van der Waals surface area contributed by atoms with Crippen LogP contribution in [0.25, 0.3) is 0 Å². The van der Waals surface area contributed by atoms with Crippen LogP contribution in [0.15, 0.2) is 18.2 Å². The van der Waals surface area contributed by atoms with Gasteiger partial charge in [-0.15, -0.1) is 12.4 Å². The van der Waals surface area contributed by atoms with Gasteiger partial charge < -0.3 is 10.1 Å². The summed E-state index contributed by atoms with van der Waals surface area (Å²) in [6.45, 7) is 3.51. The largest absolute Gasteiger partial charge is 0.486 e. The standard InChI is InChI=1S/C11H14FNO.ClH/c1-2-9-7-13-6-8-4-3-5-10(12)11(8)14-9;/h3-5,9,13H,2,6-7H2,1H3;1H/t9-;/m1./s1. The molecule has 1 atom stereocenters. The Morgan fingerprint density at radius 2 is 2.33 bits per heavy atom. The molecule has 4 heteroatoms. The molecular weight excluding hydrogens is 217 g/mol. The number of hydrogen-bond donors (Lipinski definition) is 1. The lowest BCUT2D eigenvalue weighted by Crippen LogP contribution is -2.27. The Balaban J connectivity index is 0.00000112. The highest BCUT2D eigenvalue weighted by Crippen LogP contribution is 2.25. The van der Waals surface area contributed by atoms with Gasteiger partial charge >= 0.3 is 0 Å². The molecule has 0 amide bonds. The summed E-state index contributed by atoms with van der Waals surface area (Å²) in [6.07, 6.45) is 0.967. The third-order valence-corrected chi connectivity index (χ3v) is 2.48. The van der Waals surface area contributed by atoms with Crippen LogP contribution in [0.3, 0.4) is 0 Å². The number of benzene rings is 1. The van der Waals surface area contributed by atoms with E-state index in [-0.39, 0.29) is 24.3 Å². The molecule has 15 heavy (non-hydrogen) atoms. The average molecular weight is 232 g/mol. The Hall–Kier alpha value is -0.800. The lowest BCUT2D eigenvalue weighted by molar-refractivity contribution is 0.193. The van der Waals surface area contributed by atoms with Crippen molar-refractivity contribution >= 4 is 12.4 Å². The summed E-state index contributed by atoms with van der Waals surface area (Å²) in [5.74, 6) is 0.161. The van der Waals surface area contributed by atoms with Gasteiger partial charge in [-0.3, -0.25) is 0 Å². The normalized spacial score (nSPS) is 19.5. The average Bonchev–Trinajstić information content (AvgIpc) is 2.40. The smallest absolute Gasteiger partial charge is 0.165 e. The maximum absolute atomic E-state index is 13.4. The van der Waals surface area contributed by atoms with Crippen molar-refractivity contribution in [3.05, 3.63) is 29.6 Å². The van der Waals surface area contributed by atoms with Crippen LogP contribution < -0.4 is 10.1 Å².